The van der Waals surface area contributed by atoms with Crippen LogP contribution in [0, 0.1) is 6.92 Å². The van der Waals surface area contributed by atoms with E-state index < -0.39 is 5.97 Å². The Morgan fingerprint density at radius 3 is 2.42 bits per heavy atom. The lowest BCUT2D eigenvalue weighted by Crippen LogP contribution is -2.20. The number of hydrogen-bond donors (Lipinski definition) is 1. The Morgan fingerprint density at radius 2 is 1.77 bits per heavy atom. The van der Waals surface area contributed by atoms with E-state index in [1.807, 2.05) is 30.3 Å². The fourth-order valence-corrected chi connectivity index (χ4v) is 3.94. The minimum atomic E-state index is -1.23. The van der Waals surface area contributed by atoms with Crippen LogP contribution >= 0.6 is 22.7 Å². The number of nitrogens with zero attached hydrogens (tertiary/aromatic N) is 2. The van der Waals surface area contributed by atoms with E-state index in [4.69, 9.17) is 0 Å². The minimum absolute atomic E-state index is 0.117. The average Bonchev–Trinajstić information content (AvgIpc) is 3.27. The highest BCUT2D eigenvalue weighted by molar-refractivity contribution is 7.17. The molecule has 0 aliphatic carbocycles. The van der Waals surface area contributed by atoms with Crippen molar-refractivity contribution in [1.82, 2.24) is 10.4 Å². The number of aryl methyl sites for hydroxylation is 1. The highest BCUT2D eigenvalue weighted by atomic mass is 32.1. The monoisotopic (exact) mass is 384 g/mol. The predicted molar refractivity (Wildman–Crippen MR) is 101 cm³/mol. The molecule has 0 radical (unpaired) electrons. The highest BCUT2D eigenvalue weighted by Crippen LogP contribution is 2.27. The molecule has 3 rings (SSSR count). The number of carboxylic acid groups (broad SMARTS) is 1. The third-order valence-electron chi connectivity index (χ3n) is 3.51. The van der Waals surface area contributed by atoms with E-state index >= 15 is 0 Å². The van der Waals surface area contributed by atoms with E-state index in [9.17, 15) is 14.7 Å². The van der Waals surface area contributed by atoms with Crippen molar-refractivity contribution in [2.75, 3.05) is 0 Å². The van der Waals surface area contributed by atoms with Gasteiger partial charge in [0.1, 0.15) is 9.88 Å². The number of benzene rings is 1. The fourth-order valence-electron chi connectivity index (χ4n) is 2.19. The Bertz CT molecular complexity index is 990. The summed E-state index contributed by atoms with van der Waals surface area (Å²) in [4.78, 5) is 28.9. The molecule has 0 spiro atoms. The molecule has 0 fully saturated rings. The quantitative estimate of drug-likeness (QED) is 0.540. The average molecular weight is 384 g/mol. The number of thiophene rings is 1. The van der Waals surface area contributed by atoms with Crippen molar-refractivity contribution in [2.24, 2.45) is 5.10 Å². The first-order valence-electron chi connectivity index (χ1n) is 7.64. The Kier molecular flexibility index (Phi) is 5.24. The van der Waals surface area contributed by atoms with Gasteiger partial charge in [0.25, 0.3) is 5.91 Å². The number of carbonyl (C=O) groups is 2. The van der Waals surface area contributed by atoms with Crippen LogP contribution in [0.15, 0.2) is 47.6 Å². The molecule has 1 aromatic carbocycles. The predicted octanol–water partition coefficient (Wildman–Crippen LogP) is 2.70. The van der Waals surface area contributed by atoms with Gasteiger partial charge in [0.2, 0.25) is 0 Å². The summed E-state index contributed by atoms with van der Waals surface area (Å²) in [6.07, 6.45) is 0. The van der Waals surface area contributed by atoms with Crippen LogP contribution in [0.5, 0.6) is 0 Å². The zero-order valence-corrected chi connectivity index (χ0v) is 15.6. The molecule has 2 heterocycles. The van der Waals surface area contributed by atoms with Crippen molar-refractivity contribution in [1.29, 1.82) is 0 Å². The number of hydrazone groups is 1. The van der Waals surface area contributed by atoms with Gasteiger partial charge in [-0.1, -0.05) is 30.3 Å². The van der Waals surface area contributed by atoms with Crippen molar-refractivity contribution in [3.8, 4) is 10.6 Å². The summed E-state index contributed by atoms with van der Waals surface area (Å²) in [7, 11) is 0. The van der Waals surface area contributed by atoms with Crippen molar-refractivity contribution < 1.29 is 14.7 Å². The molecular weight excluding hydrogens is 370 g/mol. The molecular formula is C18H14N3O3S2-. The molecule has 0 bridgehead atoms. The van der Waals surface area contributed by atoms with E-state index in [1.54, 1.807) is 19.9 Å². The maximum atomic E-state index is 12.4. The lowest BCUT2D eigenvalue weighted by Gasteiger charge is -2.00. The van der Waals surface area contributed by atoms with Gasteiger partial charge >= 0.3 is 0 Å². The van der Waals surface area contributed by atoms with Gasteiger partial charge in [-0.15, -0.1) is 22.7 Å². The van der Waals surface area contributed by atoms with Gasteiger partial charge in [-0.25, -0.2) is 10.4 Å². The highest BCUT2D eigenvalue weighted by Gasteiger charge is 2.16. The topological polar surface area (TPSA) is 94.5 Å². The first-order valence-corrected chi connectivity index (χ1v) is 9.28. The van der Waals surface area contributed by atoms with Crippen LogP contribution in [0.4, 0.5) is 0 Å². The van der Waals surface area contributed by atoms with Crippen LogP contribution in [0.25, 0.3) is 10.6 Å². The molecule has 3 aromatic rings. The van der Waals surface area contributed by atoms with Crippen LogP contribution in [0.1, 0.15) is 36.8 Å². The lowest BCUT2D eigenvalue weighted by atomic mass is 10.2. The van der Waals surface area contributed by atoms with Crippen molar-refractivity contribution in [2.45, 2.75) is 13.8 Å². The zero-order valence-electron chi connectivity index (χ0n) is 14.0. The van der Waals surface area contributed by atoms with Gasteiger partial charge in [-0.3, -0.25) is 4.79 Å². The fraction of sp³-hybridized carbons (Fsp3) is 0.111. The van der Waals surface area contributed by atoms with E-state index in [-0.39, 0.29) is 10.8 Å². The molecule has 6 nitrogen and oxygen atoms in total. The molecule has 0 atom stereocenters. The molecule has 26 heavy (non-hydrogen) atoms. The van der Waals surface area contributed by atoms with Gasteiger partial charge < -0.3 is 9.90 Å². The second kappa shape index (κ2) is 7.59. The third-order valence-corrected chi connectivity index (χ3v) is 5.89. The molecule has 0 unspecified atom stereocenters. The van der Waals surface area contributed by atoms with Crippen LogP contribution < -0.4 is 10.5 Å². The number of hydrogen-bond acceptors (Lipinski definition) is 7. The first kappa shape index (κ1) is 18.0. The van der Waals surface area contributed by atoms with Crippen molar-refractivity contribution >= 4 is 40.3 Å². The van der Waals surface area contributed by atoms with Crippen molar-refractivity contribution in [3.05, 3.63) is 62.8 Å². The smallest absolute Gasteiger partial charge is 0.283 e. The maximum absolute atomic E-state index is 12.4. The molecule has 1 N–H and O–H groups in total. The third kappa shape index (κ3) is 3.87. The van der Waals surface area contributed by atoms with Gasteiger partial charge in [-0.2, -0.15) is 5.10 Å². The van der Waals surface area contributed by atoms with Gasteiger partial charge in [0.05, 0.1) is 27.1 Å². The van der Waals surface area contributed by atoms with Crippen LogP contribution in [-0.4, -0.2) is 22.6 Å². The number of nitrogens with one attached hydrogen (secondary N) is 1. The number of thiazole rings is 1. The molecule has 132 valence electrons. The maximum Gasteiger partial charge on any atom is 0.283 e. The molecule has 1 amide bonds. The largest absolute Gasteiger partial charge is 0.544 e. The van der Waals surface area contributed by atoms with E-state index in [2.05, 4.69) is 15.5 Å². The second-order valence-corrected chi connectivity index (χ2v) is 7.47. The zero-order chi connectivity index (χ0) is 18.7. The lowest BCUT2D eigenvalue weighted by molar-refractivity contribution is -0.254. The SMILES string of the molecule is C/C(=N/NC(=O)c1sc(-c2ccccc2)nc1C)c1ccc(C(=O)[O-])s1. The molecule has 0 saturated carbocycles. The molecule has 0 aliphatic rings. The molecule has 8 heteroatoms. The normalized spacial score (nSPS) is 11.4. The van der Waals surface area contributed by atoms with Gasteiger partial charge in [0.15, 0.2) is 0 Å². The number of amides is 1. The number of carboxylic acids is 1. The second-order valence-electron chi connectivity index (χ2n) is 5.39. The van der Waals surface area contributed by atoms with E-state index in [0.717, 1.165) is 21.9 Å². The van der Waals surface area contributed by atoms with E-state index in [0.29, 0.717) is 21.2 Å². The van der Waals surface area contributed by atoms with Gasteiger partial charge in [0, 0.05) is 5.56 Å². The molecule has 0 saturated heterocycles. The molecule has 2 aromatic heterocycles. The summed E-state index contributed by atoms with van der Waals surface area (Å²) in [5.74, 6) is -1.58. The van der Waals surface area contributed by atoms with Gasteiger partial charge in [-0.05, 0) is 26.0 Å². The van der Waals surface area contributed by atoms with Crippen LogP contribution in [-0.2, 0) is 0 Å². The summed E-state index contributed by atoms with van der Waals surface area (Å²) in [5, 5.41) is 15.7. The molecule has 0 aliphatic heterocycles. The standard InChI is InChI=1S/C18H15N3O3S2/c1-10(13-8-9-14(25-13)18(23)24)20-21-16(22)15-11(2)19-17(26-15)12-6-4-3-5-7-12/h3-9H,1-2H3,(H,21,22)(H,23,24)/p-1/b20-10-. The first-order chi connectivity index (χ1) is 12.5. The van der Waals surface area contributed by atoms with E-state index in [1.165, 1.54) is 17.4 Å². The number of aromatic nitrogens is 1. The summed E-state index contributed by atoms with van der Waals surface area (Å²) >= 11 is 2.35. The number of carbonyl (C=O) groups excluding carboxylic acids is 2. The Labute approximate surface area is 157 Å². The number of aromatic carboxylic acids is 1. The Balaban J connectivity index is 1.75. The van der Waals surface area contributed by atoms with Crippen LogP contribution in [0.2, 0.25) is 0 Å². The Morgan fingerprint density at radius 1 is 1.08 bits per heavy atom. The van der Waals surface area contributed by atoms with Crippen LogP contribution in [0.3, 0.4) is 0 Å². The van der Waals surface area contributed by atoms with Crippen molar-refractivity contribution in [3.63, 3.8) is 0 Å². The minimum Gasteiger partial charge on any atom is -0.544 e. The summed E-state index contributed by atoms with van der Waals surface area (Å²) in [6, 6.07) is 12.7. The summed E-state index contributed by atoms with van der Waals surface area (Å²) in [6.45, 7) is 3.47. The summed E-state index contributed by atoms with van der Waals surface area (Å²) < 4.78 is 0. The Hall–Kier alpha value is -2.84. The number of rotatable bonds is 5. The summed E-state index contributed by atoms with van der Waals surface area (Å²) in [5.41, 5.74) is 4.60.